The first-order valence-corrected chi connectivity index (χ1v) is 8.24. The van der Waals surface area contributed by atoms with Crippen LogP contribution < -0.4 is 5.32 Å². The number of hydrogen-bond donors (Lipinski definition) is 1. The number of nitrogens with zero attached hydrogens (tertiary/aromatic N) is 3. The summed E-state index contributed by atoms with van der Waals surface area (Å²) < 4.78 is 0. The molecule has 1 rings (SSSR count). The van der Waals surface area contributed by atoms with Crippen molar-refractivity contribution in [3.8, 4) is 0 Å². The summed E-state index contributed by atoms with van der Waals surface area (Å²) in [5.74, 6) is 2.98. The summed E-state index contributed by atoms with van der Waals surface area (Å²) in [4.78, 5) is 9.07. The van der Waals surface area contributed by atoms with E-state index in [0.717, 1.165) is 36.8 Å². The molecule has 0 aromatic rings. The van der Waals surface area contributed by atoms with Gasteiger partial charge in [0.15, 0.2) is 5.96 Å². The molecule has 1 N–H and O–H groups in total. The first-order chi connectivity index (χ1) is 8.95. The molecule has 0 aliphatic carbocycles. The van der Waals surface area contributed by atoms with Gasteiger partial charge in [-0.1, -0.05) is 13.8 Å². The van der Waals surface area contributed by atoms with Gasteiger partial charge in [-0.3, -0.25) is 4.99 Å². The molecule has 0 aromatic carbocycles. The summed E-state index contributed by atoms with van der Waals surface area (Å²) in [5, 5.41) is 4.23. The molecule has 4 nitrogen and oxygen atoms in total. The lowest BCUT2D eigenvalue weighted by atomic mass is 10.1. The molecule has 0 aromatic heterocycles. The summed E-state index contributed by atoms with van der Waals surface area (Å²) >= 11 is 2.10. The van der Waals surface area contributed by atoms with Gasteiger partial charge in [-0.2, -0.15) is 11.8 Å². The van der Waals surface area contributed by atoms with Crippen LogP contribution in [-0.4, -0.2) is 73.6 Å². The average Bonchev–Trinajstić information content (AvgIpc) is 2.39. The Balaban J connectivity index is 0.00000361. The number of hydrogen-bond acceptors (Lipinski definition) is 3. The highest BCUT2D eigenvalue weighted by atomic mass is 127. The van der Waals surface area contributed by atoms with E-state index < -0.39 is 0 Å². The fourth-order valence-corrected chi connectivity index (χ4v) is 3.32. The zero-order valence-corrected chi connectivity index (χ0v) is 16.9. The van der Waals surface area contributed by atoms with E-state index in [9.17, 15) is 0 Å². The predicted octanol–water partition coefficient (Wildman–Crippen LogP) is 2.20. The van der Waals surface area contributed by atoms with Crippen molar-refractivity contribution in [2.75, 3.05) is 46.5 Å². The minimum atomic E-state index is 0. The second-order valence-corrected chi connectivity index (χ2v) is 7.19. The molecular weight excluding hydrogens is 383 g/mol. The van der Waals surface area contributed by atoms with E-state index in [1.165, 1.54) is 5.75 Å². The first-order valence-electron chi connectivity index (χ1n) is 7.19. The van der Waals surface area contributed by atoms with Gasteiger partial charge in [-0.25, -0.2) is 0 Å². The van der Waals surface area contributed by atoms with Crippen molar-refractivity contribution in [2.45, 2.75) is 32.1 Å². The summed E-state index contributed by atoms with van der Waals surface area (Å²) in [7, 11) is 6.11. The van der Waals surface area contributed by atoms with E-state index in [4.69, 9.17) is 0 Å². The molecule has 20 heavy (non-hydrogen) atoms. The number of rotatable bonds is 4. The van der Waals surface area contributed by atoms with Crippen molar-refractivity contribution in [3.05, 3.63) is 0 Å². The SMILES string of the molecule is CN=C(NCC(C)N(C)C)N1CCSC(C(C)C)C1.I. The second-order valence-electron chi connectivity index (χ2n) is 5.84. The van der Waals surface area contributed by atoms with E-state index in [1.807, 2.05) is 7.05 Å². The molecular formula is C14H31IN4S. The standard InChI is InChI=1S/C14H30N4S.HI/c1-11(2)13-10-18(7-8-19-13)14(15-4)16-9-12(3)17(5)6;/h11-13H,7-10H2,1-6H3,(H,15,16);1H. The fourth-order valence-electron chi connectivity index (χ4n) is 2.02. The minimum Gasteiger partial charge on any atom is -0.355 e. The molecule has 120 valence electrons. The van der Waals surface area contributed by atoms with Crippen LogP contribution in [0.2, 0.25) is 0 Å². The molecule has 0 bridgehead atoms. The van der Waals surface area contributed by atoms with Gasteiger partial charge in [0.05, 0.1) is 0 Å². The van der Waals surface area contributed by atoms with Gasteiger partial charge in [0, 0.05) is 43.7 Å². The lowest BCUT2D eigenvalue weighted by Crippen LogP contribution is -2.51. The van der Waals surface area contributed by atoms with Crippen molar-refractivity contribution < 1.29 is 0 Å². The summed E-state index contributed by atoms with van der Waals surface area (Å²) in [6.45, 7) is 10.00. The lowest BCUT2D eigenvalue weighted by Gasteiger charge is -2.36. The smallest absolute Gasteiger partial charge is 0.193 e. The molecule has 0 saturated carbocycles. The van der Waals surface area contributed by atoms with Gasteiger partial charge in [0.2, 0.25) is 0 Å². The van der Waals surface area contributed by atoms with Gasteiger partial charge in [0.1, 0.15) is 0 Å². The van der Waals surface area contributed by atoms with Gasteiger partial charge in [0.25, 0.3) is 0 Å². The zero-order chi connectivity index (χ0) is 14.4. The maximum absolute atomic E-state index is 4.44. The van der Waals surface area contributed by atoms with E-state index in [-0.39, 0.29) is 24.0 Å². The van der Waals surface area contributed by atoms with Crippen LogP contribution in [0.15, 0.2) is 4.99 Å². The molecule has 1 fully saturated rings. The van der Waals surface area contributed by atoms with Crippen LogP contribution in [0.4, 0.5) is 0 Å². The molecule has 2 atom stereocenters. The number of nitrogens with one attached hydrogen (secondary N) is 1. The van der Waals surface area contributed by atoms with E-state index in [0.29, 0.717) is 6.04 Å². The molecule has 1 aliphatic heterocycles. The van der Waals surface area contributed by atoms with Crippen molar-refractivity contribution >= 4 is 41.7 Å². The highest BCUT2D eigenvalue weighted by Crippen LogP contribution is 2.24. The largest absolute Gasteiger partial charge is 0.355 e. The van der Waals surface area contributed by atoms with Gasteiger partial charge < -0.3 is 15.1 Å². The lowest BCUT2D eigenvalue weighted by molar-refractivity contribution is 0.306. The molecule has 1 aliphatic rings. The van der Waals surface area contributed by atoms with Crippen LogP contribution in [-0.2, 0) is 0 Å². The molecule has 1 saturated heterocycles. The Bertz CT molecular complexity index is 297. The number of thioether (sulfide) groups is 1. The molecule has 0 spiro atoms. The predicted molar refractivity (Wildman–Crippen MR) is 103 cm³/mol. The Hall–Kier alpha value is 0.310. The topological polar surface area (TPSA) is 30.9 Å². The van der Waals surface area contributed by atoms with Crippen molar-refractivity contribution in [1.29, 1.82) is 0 Å². The maximum Gasteiger partial charge on any atom is 0.193 e. The van der Waals surface area contributed by atoms with Gasteiger partial charge >= 0.3 is 0 Å². The fraction of sp³-hybridized carbons (Fsp3) is 0.929. The first kappa shape index (κ1) is 20.3. The molecule has 1 heterocycles. The van der Waals surface area contributed by atoms with Crippen LogP contribution in [0.25, 0.3) is 0 Å². The Morgan fingerprint density at radius 2 is 2.05 bits per heavy atom. The summed E-state index contributed by atoms with van der Waals surface area (Å²) in [5.41, 5.74) is 0. The molecule has 2 unspecified atom stereocenters. The third-order valence-corrected chi connectivity index (χ3v) is 5.33. The second kappa shape index (κ2) is 10.1. The maximum atomic E-state index is 4.44. The number of guanidine groups is 1. The van der Waals surface area contributed by atoms with Crippen LogP contribution in [0, 0.1) is 5.92 Å². The summed E-state index contributed by atoms with van der Waals surface area (Å²) in [6, 6.07) is 0.511. The minimum absolute atomic E-state index is 0. The van der Waals surface area contributed by atoms with Crippen molar-refractivity contribution in [3.63, 3.8) is 0 Å². The third kappa shape index (κ3) is 6.39. The average molecular weight is 414 g/mol. The third-order valence-electron chi connectivity index (χ3n) is 3.79. The van der Waals surface area contributed by atoms with E-state index in [2.05, 4.69) is 66.7 Å². The Kier molecular flexibility index (Phi) is 10.3. The highest BCUT2D eigenvalue weighted by Gasteiger charge is 2.24. The van der Waals surface area contributed by atoms with Crippen LogP contribution in [0.5, 0.6) is 0 Å². The van der Waals surface area contributed by atoms with Gasteiger partial charge in [-0.05, 0) is 26.9 Å². The van der Waals surface area contributed by atoms with Crippen LogP contribution in [0.3, 0.4) is 0 Å². The number of likely N-dealkylation sites (N-methyl/N-ethyl adjacent to an activating group) is 1. The Morgan fingerprint density at radius 1 is 1.40 bits per heavy atom. The Morgan fingerprint density at radius 3 is 2.55 bits per heavy atom. The monoisotopic (exact) mass is 414 g/mol. The van der Waals surface area contributed by atoms with Crippen molar-refractivity contribution in [1.82, 2.24) is 15.1 Å². The van der Waals surface area contributed by atoms with E-state index >= 15 is 0 Å². The normalized spacial score (nSPS) is 21.9. The highest BCUT2D eigenvalue weighted by molar-refractivity contribution is 14.0. The number of aliphatic imine (C=N–C) groups is 1. The van der Waals surface area contributed by atoms with Crippen LogP contribution in [0.1, 0.15) is 20.8 Å². The summed E-state index contributed by atoms with van der Waals surface area (Å²) in [6.07, 6.45) is 0. The van der Waals surface area contributed by atoms with E-state index in [1.54, 1.807) is 0 Å². The number of halogens is 1. The zero-order valence-electron chi connectivity index (χ0n) is 13.7. The Labute approximate surface area is 146 Å². The molecule has 6 heteroatoms. The van der Waals surface area contributed by atoms with Crippen molar-refractivity contribution in [2.24, 2.45) is 10.9 Å². The van der Waals surface area contributed by atoms with Gasteiger partial charge in [-0.15, -0.1) is 24.0 Å². The molecule has 0 radical (unpaired) electrons. The molecule has 0 amide bonds. The van der Waals surface area contributed by atoms with Crippen LogP contribution >= 0.6 is 35.7 Å². The quantitative estimate of drug-likeness (QED) is 0.434.